The highest BCUT2D eigenvalue weighted by molar-refractivity contribution is 7.89. The molecule has 0 saturated heterocycles. The Labute approximate surface area is 151 Å². The Balaban J connectivity index is 2.24. The van der Waals surface area contributed by atoms with Crippen LogP contribution >= 0.6 is 0 Å². The lowest BCUT2D eigenvalue weighted by molar-refractivity contribution is -0.384. The van der Waals surface area contributed by atoms with Crippen LogP contribution in [-0.2, 0) is 10.0 Å². The Morgan fingerprint density at radius 3 is 2.27 bits per heavy atom. The van der Waals surface area contributed by atoms with Gasteiger partial charge < -0.3 is 5.32 Å². The quantitative estimate of drug-likeness (QED) is 0.589. The normalized spacial score (nSPS) is 11.3. The van der Waals surface area contributed by atoms with E-state index in [1.807, 2.05) is 0 Å². The molecule has 2 aromatic rings. The molecule has 0 fully saturated rings. The monoisotopic (exact) mass is 377 g/mol. The Hall–Kier alpha value is -2.78. The van der Waals surface area contributed by atoms with E-state index in [1.165, 1.54) is 52.8 Å². The Kier molecular flexibility index (Phi) is 6.06. The van der Waals surface area contributed by atoms with Crippen molar-refractivity contribution in [1.82, 2.24) is 4.31 Å². The predicted molar refractivity (Wildman–Crippen MR) is 97.6 cm³/mol. The number of rotatable bonds is 7. The van der Waals surface area contributed by atoms with Crippen LogP contribution < -0.4 is 5.32 Å². The fourth-order valence-corrected chi connectivity index (χ4v) is 3.88. The molecule has 0 heterocycles. The van der Waals surface area contributed by atoms with E-state index in [0.29, 0.717) is 18.8 Å². The van der Waals surface area contributed by atoms with Crippen LogP contribution in [0, 0.1) is 10.1 Å². The first-order valence-corrected chi connectivity index (χ1v) is 9.39. The third-order valence-corrected chi connectivity index (χ3v) is 5.82. The van der Waals surface area contributed by atoms with Gasteiger partial charge in [0.1, 0.15) is 0 Å². The second-order valence-corrected chi connectivity index (χ2v) is 7.31. The molecule has 0 saturated carbocycles. The molecule has 138 valence electrons. The van der Waals surface area contributed by atoms with Crippen molar-refractivity contribution in [2.45, 2.75) is 18.7 Å². The number of benzene rings is 2. The smallest absolute Gasteiger partial charge is 0.269 e. The van der Waals surface area contributed by atoms with Gasteiger partial charge in [-0.25, -0.2) is 8.42 Å². The number of nitrogens with one attached hydrogen (secondary N) is 1. The van der Waals surface area contributed by atoms with Gasteiger partial charge in [-0.05, 0) is 30.3 Å². The van der Waals surface area contributed by atoms with Crippen LogP contribution in [0.1, 0.15) is 24.2 Å². The molecular formula is C17H19N3O5S. The summed E-state index contributed by atoms with van der Waals surface area (Å²) in [7, 11) is -3.67. The van der Waals surface area contributed by atoms with Gasteiger partial charge in [0.2, 0.25) is 10.0 Å². The standard InChI is InChI=1S/C17H19N3O5S/c1-3-19(4-2)26(24,25)16-7-5-6-13(12-16)17(21)18-14-8-10-15(11-9-14)20(22)23/h5-12H,3-4H2,1-2H3,(H,18,21). The van der Waals surface area contributed by atoms with E-state index in [-0.39, 0.29) is 16.1 Å². The highest BCUT2D eigenvalue weighted by Crippen LogP contribution is 2.19. The molecule has 0 aliphatic rings. The van der Waals surface area contributed by atoms with Gasteiger partial charge in [0.25, 0.3) is 11.6 Å². The summed E-state index contributed by atoms with van der Waals surface area (Å²) in [5.41, 5.74) is 0.462. The molecule has 26 heavy (non-hydrogen) atoms. The molecule has 8 nitrogen and oxygen atoms in total. The van der Waals surface area contributed by atoms with Gasteiger partial charge in [-0.2, -0.15) is 4.31 Å². The number of carbonyl (C=O) groups excluding carboxylic acids is 1. The molecule has 0 aliphatic carbocycles. The molecule has 9 heteroatoms. The number of sulfonamides is 1. The molecule has 0 radical (unpaired) electrons. The molecule has 1 N–H and O–H groups in total. The van der Waals surface area contributed by atoms with Crippen molar-refractivity contribution in [3.63, 3.8) is 0 Å². The fourth-order valence-electron chi connectivity index (χ4n) is 2.38. The number of hydrogen-bond donors (Lipinski definition) is 1. The number of nitro groups is 1. The molecule has 1 amide bonds. The molecule has 0 atom stereocenters. The molecule has 0 spiro atoms. The van der Waals surface area contributed by atoms with Crippen LogP contribution in [0.4, 0.5) is 11.4 Å². The molecule has 0 bridgehead atoms. The van der Waals surface area contributed by atoms with Gasteiger partial charge >= 0.3 is 0 Å². The molecule has 0 unspecified atom stereocenters. The first-order chi connectivity index (χ1) is 12.3. The van der Waals surface area contributed by atoms with Crippen molar-refractivity contribution < 1.29 is 18.1 Å². The highest BCUT2D eigenvalue weighted by Gasteiger charge is 2.22. The Morgan fingerprint density at radius 2 is 1.73 bits per heavy atom. The van der Waals surface area contributed by atoms with Crippen molar-refractivity contribution in [3.05, 3.63) is 64.2 Å². The lowest BCUT2D eigenvalue weighted by atomic mass is 10.2. The summed E-state index contributed by atoms with van der Waals surface area (Å²) in [5.74, 6) is -0.504. The second-order valence-electron chi connectivity index (χ2n) is 5.38. The molecule has 0 aromatic heterocycles. The molecule has 0 aliphatic heterocycles. The summed E-state index contributed by atoms with van der Waals surface area (Å²) in [6.45, 7) is 4.15. The highest BCUT2D eigenvalue weighted by atomic mass is 32.2. The van der Waals surface area contributed by atoms with E-state index < -0.39 is 20.9 Å². The number of nitrogens with zero attached hydrogens (tertiary/aromatic N) is 2. The summed E-state index contributed by atoms with van der Waals surface area (Å²) in [4.78, 5) is 22.5. The average Bonchev–Trinajstić information content (AvgIpc) is 2.63. The molecule has 2 aromatic carbocycles. The van der Waals surface area contributed by atoms with Gasteiger partial charge in [0.15, 0.2) is 0 Å². The van der Waals surface area contributed by atoms with E-state index >= 15 is 0 Å². The first-order valence-electron chi connectivity index (χ1n) is 7.95. The predicted octanol–water partition coefficient (Wildman–Crippen LogP) is 2.88. The summed E-state index contributed by atoms with van der Waals surface area (Å²) in [5, 5.41) is 13.2. The zero-order valence-electron chi connectivity index (χ0n) is 14.4. The van der Waals surface area contributed by atoms with Gasteiger partial charge in [-0.1, -0.05) is 19.9 Å². The van der Waals surface area contributed by atoms with Crippen LogP contribution in [0.2, 0.25) is 0 Å². The number of anilines is 1. The summed E-state index contributed by atoms with van der Waals surface area (Å²) < 4.78 is 26.4. The zero-order valence-corrected chi connectivity index (χ0v) is 15.2. The minimum atomic E-state index is -3.67. The molecular weight excluding hydrogens is 358 g/mol. The van der Waals surface area contributed by atoms with Gasteiger partial charge in [-0.15, -0.1) is 0 Å². The van der Waals surface area contributed by atoms with Crippen LogP contribution in [0.25, 0.3) is 0 Å². The zero-order chi connectivity index (χ0) is 19.3. The van der Waals surface area contributed by atoms with Crippen LogP contribution in [-0.4, -0.2) is 36.6 Å². The van der Waals surface area contributed by atoms with Crippen molar-refractivity contribution in [2.24, 2.45) is 0 Å². The lowest BCUT2D eigenvalue weighted by Crippen LogP contribution is -2.30. The topological polar surface area (TPSA) is 110 Å². The maximum absolute atomic E-state index is 12.6. The van der Waals surface area contributed by atoms with E-state index in [4.69, 9.17) is 0 Å². The number of non-ortho nitro benzene ring substituents is 1. The fraction of sp³-hybridized carbons (Fsp3) is 0.235. The number of amides is 1. The maximum Gasteiger partial charge on any atom is 0.269 e. The Bertz CT molecular complexity index is 906. The van der Waals surface area contributed by atoms with Gasteiger partial charge in [0.05, 0.1) is 9.82 Å². The largest absolute Gasteiger partial charge is 0.322 e. The molecule has 2 rings (SSSR count). The SMILES string of the molecule is CCN(CC)S(=O)(=O)c1cccc(C(=O)Nc2ccc([N+](=O)[O-])cc2)c1. The minimum Gasteiger partial charge on any atom is -0.322 e. The number of hydrogen-bond acceptors (Lipinski definition) is 5. The van der Waals surface area contributed by atoms with E-state index in [1.54, 1.807) is 13.8 Å². The van der Waals surface area contributed by atoms with Crippen molar-refractivity contribution in [3.8, 4) is 0 Å². The number of carbonyl (C=O) groups is 1. The first kappa shape index (κ1) is 19.5. The van der Waals surface area contributed by atoms with Crippen molar-refractivity contribution >= 4 is 27.3 Å². The van der Waals surface area contributed by atoms with Crippen LogP contribution in [0.15, 0.2) is 53.4 Å². The van der Waals surface area contributed by atoms with Crippen molar-refractivity contribution in [2.75, 3.05) is 18.4 Å². The van der Waals surface area contributed by atoms with E-state index in [9.17, 15) is 23.3 Å². The van der Waals surface area contributed by atoms with Gasteiger partial charge in [0, 0.05) is 36.5 Å². The maximum atomic E-state index is 12.6. The van der Waals surface area contributed by atoms with E-state index in [2.05, 4.69) is 5.32 Å². The second kappa shape index (κ2) is 8.07. The van der Waals surface area contributed by atoms with Crippen molar-refractivity contribution in [1.29, 1.82) is 0 Å². The van der Waals surface area contributed by atoms with Gasteiger partial charge in [-0.3, -0.25) is 14.9 Å². The summed E-state index contributed by atoms with van der Waals surface area (Å²) in [6.07, 6.45) is 0. The Morgan fingerprint density at radius 1 is 1.12 bits per heavy atom. The van der Waals surface area contributed by atoms with Crippen LogP contribution in [0.5, 0.6) is 0 Å². The third kappa shape index (κ3) is 4.24. The van der Waals surface area contributed by atoms with E-state index in [0.717, 1.165) is 0 Å². The summed E-state index contributed by atoms with van der Waals surface area (Å²) >= 11 is 0. The van der Waals surface area contributed by atoms with Crippen LogP contribution in [0.3, 0.4) is 0 Å². The lowest BCUT2D eigenvalue weighted by Gasteiger charge is -2.18. The average molecular weight is 377 g/mol. The number of nitro benzene ring substituents is 1. The third-order valence-electron chi connectivity index (χ3n) is 3.78. The summed E-state index contributed by atoms with van der Waals surface area (Å²) in [6, 6.07) is 11.1. The minimum absolute atomic E-state index is 0.0394.